The fourth-order valence-corrected chi connectivity index (χ4v) is 2.83. The van der Waals surface area contributed by atoms with Gasteiger partial charge in [-0.15, -0.1) is 0 Å². The Morgan fingerprint density at radius 1 is 1.40 bits per heavy atom. The van der Waals surface area contributed by atoms with Crippen LogP contribution in [0.2, 0.25) is 0 Å². The Morgan fingerprint density at radius 3 is 2.95 bits per heavy atom. The smallest absolute Gasteiger partial charge is 0.147 e. The Balaban J connectivity index is 2.08. The summed E-state index contributed by atoms with van der Waals surface area (Å²) in [5, 5.41) is 20.6. The molecule has 0 aliphatic carbocycles. The predicted octanol–water partition coefficient (Wildman–Crippen LogP) is 2.46. The van der Waals surface area contributed by atoms with Crippen molar-refractivity contribution in [3.63, 3.8) is 0 Å². The molecule has 1 saturated heterocycles. The van der Waals surface area contributed by atoms with Gasteiger partial charge in [-0.2, -0.15) is 5.26 Å². The number of pyridine rings is 1. The summed E-state index contributed by atoms with van der Waals surface area (Å²) in [6.07, 6.45) is 1.70. The van der Waals surface area contributed by atoms with Gasteiger partial charge in [0.15, 0.2) is 0 Å². The van der Waals surface area contributed by atoms with Gasteiger partial charge in [-0.3, -0.25) is 0 Å². The van der Waals surface area contributed by atoms with Gasteiger partial charge < -0.3 is 10.0 Å². The molecule has 0 amide bonds. The lowest BCUT2D eigenvalue weighted by Crippen LogP contribution is -2.46. The molecule has 2 aromatic rings. The standard InChI is InChI=1S/C16H17N3O/c1-16(20)7-4-8-19(11-16)15-13(10-17)9-12-5-2-3-6-14(12)18-15/h2-3,5-6,9,20H,4,7-8,11H2,1H3. The number of aliphatic hydroxyl groups is 1. The maximum Gasteiger partial charge on any atom is 0.147 e. The lowest BCUT2D eigenvalue weighted by Gasteiger charge is -2.37. The lowest BCUT2D eigenvalue weighted by molar-refractivity contribution is 0.0447. The quantitative estimate of drug-likeness (QED) is 0.862. The summed E-state index contributed by atoms with van der Waals surface area (Å²) in [6, 6.07) is 11.9. The second-order valence-corrected chi connectivity index (χ2v) is 5.69. The summed E-state index contributed by atoms with van der Waals surface area (Å²) in [5.41, 5.74) is 0.742. The molecule has 1 fully saturated rings. The van der Waals surface area contributed by atoms with Crippen LogP contribution >= 0.6 is 0 Å². The van der Waals surface area contributed by atoms with Crippen LogP contribution in [0.4, 0.5) is 5.82 Å². The fourth-order valence-electron chi connectivity index (χ4n) is 2.83. The van der Waals surface area contributed by atoms with Gasteiger partial charge in [0, 0.05) is 18.5 Å². The van der Waals surface area contributed by atoms with Crippen LogP contribution in [-0.2, 0) is 0 Å². The Kier molecular flexibility index (Phi) is 3.07. The normalized spacial score (nSPS) is 22.8. The van der Waals surface area contributed by atoms with Crippen molar-refractivity contribution in [1.82, 2.24) is 4.98 Å². The van der Waals surface area contributed by atoms with Crippen LogP contribution < -0.4 is 4.90 Å². The van der Waals surface area contributed by atoms with Crippen LogP contribution in [0.1, 0.15) is 25.3 Å². The summed E-state index contributed by atoms with van der Waals surface area (Å²) in [6.45, 7) is 3.19. The van der Waals surface area contributed by atoms with Gasteiger partial charge in [0.2, 0.25) is 0 Å². The third kappa shape index (κ3) is 2.33. The van der Waals surface area contributed by atoms with E-state index in [4.69, 9.17) is 0 Å². The molecule has 1 aliphatic rings. The highest BCUT2D eigenvalue weighted by atomic mass is 16.3. The van der Waals surface area contributed by atoms with E-state index in [2.05, 4.69) is 11.1 Å². The first-order chi connectivity index (χ1) is 9.59. The third-order valence-electron chi connectivity index (χ3n) is 3.80. The molecule has 1 unspecified atom stereocenters. The van der Waals surface area contributed by atoms with Crippen molar-refractivity contribution < 1.29 is 5.11 Å². The number of benzene rings is 1. The van der Waals surface area contributed by atoms with Crippen molar-refractivity contribution in [2.75, 3.05) is 18.0 Å². The molecule has 0 radical (unpaired) electrons. The van der Waals surface area contributed by atoms with E-state index in [1.807, 2.05) is 42.2 Å². The van der Waals surface area contributed by atoms with Crippen LogP contribution in [-0.4, -0.2) is 28.8 Å². The van der Waals surface area contributed by atoms with Crippen molar-refractivity contribution in [2.24, 2.45) is 0 Å². The van der Waals surface area contributed by atoms with Crippen LogP contribution in [0.25, 0.3) is 10.9 Å². The van der Waals surface area contributed by atoms with Crippen LogP contribution in [0, 0.1) is 11.3 Å². The average molecular weight is 267 g/mol. The van der Waals surface area contributed by atoms with Crippen molar-refractivity contribution in [3.05, 3.63) is 35.9 Å². The lowest BCUT2D eigenvalue weighted by atomic mass is 9.95. The fraction of sp³-hybridized carbons (Fsp3) is 0.375. The minimum atomic E-state index is -0.710. The minimum absolute atomic E-state index is 0.521. The number of β-amino-alcohol motifs (C(OH)–C–C–N with tert-alkyl or cyclic N) is 1. The molecule has 0 saturated carbocycles. The zero-order valence-electron chi connectivity index (χ0n) is 11.5. The highest BCUT2D eigenvalue weighted by Gasteiger charge is 2.30. The molecule has 102 valence electrons. The predicted molar refractivity (Wildman–Crippen MR) is 78.5 cm³/mol. The highest BCUT2D eigenvalue weighted by molar-refractivity contribution is 5.83. The summed E-state index contributed by atoms with van der Waals surface area (Å²) < 4.78 is 0. The van der Waals surface area contributed by atoms with Gasteiger partial charge in [-0.05, 0) is 31.9 Å². The number of nitriles is 1. The van der Waals surface area contributed by atoms with Crippen molar-refractivity contribution in [2.45, 2.75) is 25.4 Å². The number of aromatic nitrogens is 1. The maximum atomic E-state index is 10.2. The maximum absolute atomic E-state index is 10.2. The van der Waals surface area contributed by atoms with Crippen molar-refractivity contribution in [3.8, 4) is 6.07 Å². The molecule has 1 aromatic heterocycles. The zero-order valence-corrected chi connectivity index (χ0v) is 11.5. The molecule has 0 bridgehead atoms. The van der Waals surface area contributed by atoms with E-state index < -0.39 is 5.60 Å². The van der Waals surface area contributed by atoms with E-state index in [1.54, 1.807) is 0 Å². The first-order valence-electron chi connectivity index (χ1n) is 6.86. The van der Waals surface area contributed by atoms with E-state index in [0.717, 1.165) is 30.3 Å². The minimum Gasteiger partial charge on any atom is -0.388 e. The number of anilines is 1. The van der Waals surface area contributed by atoms with Gasteiger partial charge in [0.25, 0.3) is 0 Å². The Hall–Kier alpha value is -2.12. The van der Waals surface area contributed by atoms with E-state index in [1.165, 1.54) is 0 Å². The van der Waals surface area contributed by atoms with Crippen molar-refractivity contribution in [1.29, 1.82) is 5.26 Å². The van der Waals surface area contributed by atoms with E-state index in [0.29, 0.717) is 17.9 Å². The van der Waals surface area contributed by atoms with Gasteiger partial charge in [0.1, 0.15) is 11.9 Å². The monoisotopic (exact) mass is 267 g/mol. The number of fused-ring (bicyclic) bond motifs is 1. The number of hydrogen-bond acceptors (Lipinski definition) is 4. The van der Waals surface area contributed by atoms with E-state index >= 15 is 0 Å². The van der Waals surface area contributed by atoms with E-state index in [-0.39, 0.29) is 0 Å². The number of rotatable bonds is 1. The Bertz CT molecular complexity index is 688. The van der Waals surface area contributed by atoms with Gasteiger partial charge in [-0.25, -0.2) is 4.98 Å². The molecule has 4 nitrogen and oxygen atoms in total. The van der Waals surface area contributed by atoms with Crippen LogP contribution in [0.3, 0.4) is 0 Å². The van der Waals surface area contributed by atoms with Gasteiger partial charge >= 0.3 is 0 Å². The first kappa shape index (κ1) is 12.9. The summed E-state index contributed by atoms with van der Waals surface area (Å²) >= 11 is 0. The number of hydrogen-bond donors (Lipinski definition) is 1. The topological polar surface area (TPSA) is 60.1 Å². The van der Waals surface area contributed by atoms with Crippen LogP contribution in [0.15, 0.2) is 30.3 Å². The van der Waals surface area contributed by atoms with Crippen molar-refractivity contribution >= 4 is 16.7 Å². The number of nitrogens with zero attached hydrogens (tertiary/aromatic N) is 3. The molecule has 3 rings (SSSR count). The molecule has 1 aliphatic heterocycles. The molecule has 4 heteroatoms. The second-order valence-electron chi connectivity index (χ2n) is 5.69. The first-order valence-corrected chi connectivity index (χ1v) is 6.86. The highest BCUT2D eigenvalue weighted by Crippen LogP contribution is 2.28. The largest absolute Gasteiger partial charge is 0.388 e. The molecule has 1 N–H and O–H groups in total. The average Bonchev–Trinajstić information content (AvgIpc) is 2.44. The van der Waals surface area contributed by atoms with Gasteiger partial charge in [0.05, 0.1) is 16.7 Å². The number of piperidine rings is 1. The SMILES string of the molecule is CC1(O)CCCN(c2nc3ccccc3cc2C#N)C1. The van der Waals surface area contributed by atoms with Gasteiger partial charge in [-0.1, -0.05) is 18.2 Å². The second kappa shape index (κ2) is 4.77. The summed E-state index contributed by atoms with van der Waals surface area (Å²) in [5.74, 6) is 0.686. The van der Waals surface area contributed by atoms with E-state index in [9.17, 15) is 10.4 Å². The van der Waals surface area contributed by atoms with Crippen LogP contribution in [0.5, 0.6) is 0 Å². The molecule has 0 spiro atoms. The Morgan fingerprint density at radius 2 is 2.20 bits per heavy atom. The molecule has 1 aromatic carbocycles. The summed E-state index contributed by atoms with van der Waals surface area (Å²) in [7, 11) is 0. The zero-order chi connectivity index (χ0) is 14.2. The third-order valence-corrected chi connectivity index (χ3v) is 3.80. The Labute approximate surface area is 118 Å². The molecular weight excluding hydrogens is 250 g/mol. The molecule has 1 atom stereocenters. The molecular formula is C16H17N3O. The number of para-hydroxylation sites is 1. The molecule has 2 heterocycles. The molecule has 20 heavy (non-hydrogen) atoms. The summed E-state index contributed by atoms with van der Waals surface area (Å²) in [4.78, 5) is 6.65.